The van der Waals surface area contributed by atoms with Crippen molar-refractivity contribution < 1.29 is 32.7 Å². The molecule has 9 nitrogen and oxygen atoms in total. The first-order valence-corrected chi connectivity index (χ1v) is 9.74. The second-order valence-electron chi connectivity index (χ2n) is 6.66. The van der Waals surface area contributed by atoms with Gasteiger partial charge in [-0.15, -0.1) is 0 Å². The summed E-state index contributed by atoms with van der Waals surface area (Å²) in [6.45, 7) is -0.188. The first-order valence-electron chi connectivity index (χ1n) is 9.74. The monoisotopic (exact) mass is 453 g/mol. The topological polar surface area (TPSA) is 103 Å². The molecular weight excluding hydrogens is 428 g/mol. The average Bonchev–Trinajstić information content (AvgIpc) is 2.75. The van der Waals surface area contributed by atoms with Crippen LogP contribution in [-0.4, -0.2) is 56.3 Å². The molecule has 2 rings (SSSR count). The molecule has 0 fully saturated rings. The number of hydrogen-bond donors (Lipinski definition) is 1. The Morgan fingerprint density at radius 1 is 1.22 bits per heavy atom. The molecule has 0 aliphatic heterocycles. The third-order valence-electron chi connectivity index (χ3n) is 4.35. The number of ether oxygens (including phenoxy) is 3. The van der Waals surface area contributed by atoms with Crippen molar-refractivity contribution in [1.82, 2.24) is 4.90 Å². The van der Waals surface area contributed by atoms with Crippen LogP contribution >= 0.6 is 0 Å². The van der Waals surface area contributed by atoms with Crippen LogP contribution in [0, 0.1) is 10.1 Å². The molecule has 2 aromatic carbocycles. The highest BCUT2D eigenvalue weighted by Gasteiger charge is 2.20. The van der Waals surface area contributed by atoms with Crippen LogP contribution in [0.15, 0.2) is 36.4 Å². The number of anilines is 1. The fraction of sp³-hybridized carbons (Fsp3) is 0.381. The van der Waals surface area contributed by atoms with Gasteiger partial charge in [0.2, 0.25) is 0 Å². The molecule has 0 bridgehead atoms. The van der Waals surface area contributed by atoms with Crippen molar-refractivity contribution in [1.29, 1.82) is 0 Å². The maximum atomic E-state index is 12.8. The molecule has 0 radical (unpaired) electrons. The van der Waals surface area contributed by atoms with Gasteiger partial charge in [0.05, 0.1) is 18.1 Å². The van der Waals surface area contributed by atoms with E-state index in [4.69, 9.17) is 9.47 Å². The number of alkyl halides is 2. The van der Waals surface area contributed by atoms with E-state index in [1.165, 1.54) is 55.5 Å². The van der Waals surface area contributed by atoms with Crippen molar-refractivity contribution in [3.05, 3.63) is 57.6 Å². The first kappa shape index (κ1) is 24.8. The molecule has 0 spiro atoms. The quantitative estimate of drug-likeness (QED) is 0.295. The molecule has 0 aliphatic rings. The summed E-state index contributed by atoms with van der Waals surface area (Å²) in [5.74, 6) is -0.414. The molecule has 0 atom stereocenters. The number of rotatable bonds is 12. The van der Waals surface area contributed by atoms with Gasteiger partial charge in [-0.2, -0.15) is 8.78 Å². The van der Waals surface area contributed by atoms with E-state index in [2.05, 4.69) is 10.1 Å². The number of nitrogens with one attached hydrogen (secondary N) is 1. The summed E-state index contributed by atoms with van der Waals surface area (Å²) in [5, 5.41) is 14.3. The zero-order valence-electron chi connectivity index (χ0n) is 18.0. The third kappa shape index (κ3) is 6.77. The van der Waals surface area contributed by atoms with E-state index in [9.17, 15) is 23.7 Å². The minimum atomic E-state index is -2.99. The fourth-order valence-electron chi connectivity index (χ4n) is 2.93. The van der Waals surface area contributed by atoms with Crippen molar-refractivity contribution in [2.45, 2.75) is 20.1 Å². The molecule has 1 N–H and O–H groups in total. The van der Waals surface area contributed by atoms with Crippen LogP contribution in [0.3, 0.4) is 0 Å². The van der Waals surface area contributed by atoms with Gasteiger partial charge in [0.25, 0.3) is 11.6 Å². The molecule has 1 amide bonds. The lowest BCUT2D eigenvalue weighted by atomic mass is 10.1. The summed E-state index contributed by atoms with van der Waals surface area (Å²) < 4.78 is 39.8. The minimum absolute atomic E-state index is 0.105. The minimum Gasteiger partial charge on any atom is -0.490 e. The average molecular weight is 453 g/mol. The lowest BCUT2D eigenvalue weighted by molar-refractivity contribution is -0.384. The maximum absolute atomic E-state index is 12.8. The number of carbonyl (C=O) groups is 1. The predicted molar refractivity (Wildman–Crippen MR) is 114 cm³/mol. The molecule has 11 heteroatoms. The summed E-state index contributed by atoms with van der Waals surface area (Å²) in [6.07, 6.45) is 0. The van der Waals surface area contributed by atoms with E-state index in [0.717, 1.165) is 0 Å². The van der Waals surface area contributed by atoms with Crippen LogP contribution in [0.2, 0.25) is 0 Å². The molecule has 0 heterocycles. The van der Waals surface area contributed by atoms with Gasteiger partial charge in [0, 0.05) is 38.9 Å². The molecular formula is C21H25F2N3O6. The number of halogens is 2. The SMILES string of the molecule is CCOc1cc(CN(C)C(=O)c2ccc(NCCOC)c([N+](=O)[O-])c2)ccc1OC(F)F. The second kappa shape index (κ2) is 11.8. The van der Waals surface area contributed by atoms with Gasteiger partial charge < -0.3 is 24.4 Å². The number of nitro groups is 1. The lowest BCUT2D eigenvalue weighted by Gasteiger charge is -2.19. The zero-order valence-corrected chi connectivity index (χ0v) is 18.0. The fourth-order valence-corrected chi connectivity index (χ4v) is 2.93. The number of carbonyl (C=O) groups excluding carboxylic acids is 1. The Balaban J connectivity index is 2.18. The first-order chi connectivity index (χ1) is 15.3. The highest BCUT2D eigenvalue weighted by atomic mass is 19.3. The predicted octanol–water partition coefficient (Wildman–Crippen LogP) is 3.93. The molecule has 0 saturated carbocycles. The van der Waals surface area contributed by atoms with Gasteiger partial charge in [-0.05, 0) is 36.8 Å². The molecule has 0 saturated heterocycles. The van der Waals surface area contributed by atoms with Crippen LogP contribution in [0.5, 0.6) is 11.5 Å². The van der Waals surface area contributed by atoms with Gasteiger partial charge in [-0.25, -0.2) is 0 Å². The van der Waals surface area contributed by atoms with Crippen LogP contribution in [0.4, 0.5) is 20.2 Å². The van der Waals surface area contributed by atoms with Gasteiger partial charge in [-0.1, -0.05) is 6.07 Å². The summed E-state index contributed by atoms with van der Waals surface area (Å²) in [6, 6.07) is 8.56. The summed E-state index contributed by atoms with van der Waals surface area (Å²) >= 11 is 0. The van der Waals surface area contributed by atoms with E-state index in [1.807, 2.05) is 0 Å². The van der Waals surface area contributed by atoms with Crippen molar-refractivity contribution in [2.75, 3.05) is 39.2 Å². The van der Waals surface area contributed by atoms with Crippen LogP contribution in [0.25, 0.3) is 0 Å². The number of nitro benzene ring substituents is 1. The Labute approximate surface area is 184 Å². The Bertz CT molecular complexity index is 942. The second-order valence-corrected chi connectivity index (χ2v) is 6.66. The highest BCUT2D eigenvalue weighted by molar-refractivity contribution is 5.95. The number of hydrogen-bond acceptors (Lipinski definition) is 7. The Hall–Kier alpha value is -3.47. The number of amides is 1. The zero-order chi connectivity index (χ0) is 23.7. The van der Waals surface area contributed by atoms with E-state index in [0.29, 0.717) is 18.7 Å². The normalized spacial score (nSPS) is 10.7. The van der Waals surface area contributed by atoms with Crippen molar-refractivity contribution in [3.63, 3.8) is 0 Å². The van der Waals surface area contributed by atoms with Crippen molar-refractivity contribution in [3.8, 4) is 11.5 Å². The maximum Gasteiger partial charge on any atom is 0.387 e. The van der Waals surface area contributed by atoms with Gasteiger partial charge in [0.15, 0.2) is 11.5 Å². The molecule has 2 aromatic rings. The standard InChI is InChI=1S/C21H25F2N3O6/c1-4-31-19-11-14(5-8-18(19)32-21(22)23)13-25(2)20(27)15-6-7-16(24-9-10-30-3)17(12-15)26(28)29/h5-8,11-12,21,24H,4,9-10,13H2,1-3H3. The summed E-state index contributed by atoms with van der Waals surface area (Å²) in [4.78, 5) is 25.0. The van der Waals surface area contributed by atoms with Crippen LogP contribution in [-0.2, 0) is 11.3 Å². The largest absolute Gasteiger partial charge is 0.490 e. The van der Waals surface area contributed by atoms with E-state index in [-0.39, 0.29) is 41.6 Å². The smallest absolute Gasteiger partial charge is 0.387 e. The Morgan fingerprint density at radius 3 is 2.59 bits per heavy atom. The number of nitrogens with zero attached hydrogens (tertiary/aromatic N) is 2. The molecule has 32 heavy (non-hydrogen) atoms. The van der Waals surface area contributed by atoms with E-state index >= 15 is 0 Å². The lowest BCUT2D eigenvalue weighted by Crippen LogP contribution is -2.26. The van der Waals surface area contributed by atoms with Crippen molar-refractivity contribution >= 4 is 17.3 Å². The van der Waals surface area contributed by atoms with Crippen molar-refractivity contribution in [2.24, 2.45) is 0 Å². The van der Waals surface area contributed by atoms with Gasteiger partial charge >= 0.3 is 6.61 Å². The van der Waals surface area contributed by atoms with Crippen LogP contribution in [0.1, 0.15) is 22.8 Å². The molecule has 0 aliphatic carbocycles. The Morgan fingerprint density at radius 2 is 1.97 bits per heavy atom. The molecule has 0 unspecified atom stereocenters. The molecule has 174 valence electrons. The number of methoxy groups -OCH3 is 1. The van der Waals surface area contributed by atoms with Gasteiger partial charge in [0.1, 0.15) is 5.69 Å². The Kier molecular flexibility index (Phi) is 9.14. The van der Waals surface area contributed by atoms with Crippen LogP contribution < -0.4 is 14.8 Å². The third-order valence-corrected chi connectivity index (χ3v) is 4.35. The summed E-state index contributed by atoms with van der Waals surface area (Å²) in [7, 11) is 3.05. The molecule has 0 aromatic heterocycles. The van der Waals surface area contributed by atoms with E-state index < -0.39 is 17.4 Å². The summed E-state index contributed by atoms with van der Waals surface area (Å²) in [5.41, 5.74) is 0.798. The highest BCUT2D eigenvalue weighted by Crippen LogP contribution is 2.31. The van der Waals surface area contributed by atoms with E-state index in [1.54, 1.807) is 6.92 Å². The van der Waals surface area contributed by atoms with Gasteiger partial charge in [-0.3, -0.25) is 14.9 Å². The number of benzene rings is 2.